The average molecular weight is 451 g/mol. The van der Waals surface area contributed by atoms with Crippen LogP contribution in [0.2, 0.25) is 0 Å². The van der Waals surface area contributed by atoms with Crippen LogP contribution in [-0.2, 0) is 11.2 Å². The Kier molecular flexibility index (Phi) is 4.55. The van der Waals surface area contributed by atoms with Gasteiger partial charge in [0, 0.05) is 35.1 Å². The first-order valence-electron chi connectivity index (χ1n) is 8.28. The van der Waals surface area contributed by atoms with E-state index in [1.165, 1.54) is 0 Å². The number of rotatable bonds is 3. The molecular weight excluding hydrogens is 433 g/mol. The fourth-order valence-corrected chi connectivity index (χ4v) is 3.53. The highest BCUT2D eigenvalue weighted by Crippen LogP contribution is 2.24. The first-order valence-corrected chi connectivity index (χ1v) is 9.36. The Labute approximate surface area is 158 Å². The molecule has 8 heteroatoms. The molecule has 0 spiro atoms. The van der Waals surface area contributed by atoms with Crippen molar-refractivity contribution in [3.63, 3.8) is 0 Å². The minimum Gasteiger partial charge on any atom is -0.381 e. The number of nitrogens with one attached hydrogen (secondary N) is 1. The minimum absolute atomic E-state index is 0.138. The number of fused-ring (bicyclic) bond motifs is 1. The highest BCUT2D eigenvalue weighted by atomic mass is 127. The number of pyridine rings is 1. The van der Waals surface area contributed by atoms with Gasteiger partial charge in [-0.3, -0.25) is 9.78 Å². The van der Waals surface area contributed by atoms with Gasteiger partial charge in [0.25, 0.3) is 5.56 Å². The summed E-state index contributed by atoms with van der Waals surface area (Å²) in [6, 6.07) is 4.17. The Morgan fingerprint density at radius 3 is 2.88 bits per heavy atom. The van der Waals surface area contributed by atoms with Crippen LogP contribution < -0.4 is 5.56 Å². The Balaban J connectivity index is 1.76. The summed E-state index contributed by atoms with van der Waals surface area (Å²) < 4.78 is 8.42. The zero-order chi connectivity index (χ0) is 17.4. The second-order valence-electron chi connectivity index (χ2n) is 6.23. The quantitative estimate of drug-likeness (QED) is 0.619. The van der Waals surface area contributed by atoms with Crippen molar-refractivity contribution in [3.8, 4) is 0 Å². The maximum Gasteiger partial charge on any atom is 0.262 e. The number of halogens is 1. The van der Waals surface area contributed by atoms with Crippen LogP contribution in [0.4, 0.5) is 0 Å². The van der Waals surface area contributed by atoms with Gasteiger partial charge in [0.15, 0.2) is 5.65 Å². The molecule has 0 radical (unpaired) electrons. The van der Waals surface area contributed by atoms with Gasteiger partial charge in [-0.05, 0) is 54.5 Å². The van der Waals surface area contributed by atoms with E-state index in [1.807, 2.05) is 29.9 Å². The molecule has 3 aromatic rings. The monoisotopic (exact) mass is 451 g/mol. The Bertz CT molecular complexity index is 958. The van der Waals surface area contributed by atoms with Gasteiger partial charge in [0.1, 0.15) is 11.2 Å². The summed E-state index contributed by atoms with van der Waals surface area (Å²) in [4.78, 5) is 24.6. The van der Waals surface area contributed by atoms with Crippen molar-refractivity contribution >= 4 is 33.6 Å². The third kappa shape index (κ3) is 3.32. The lowest BCUT2D eigenvalue weighted by atomic mass is 10.1. The van der Waals surface area contributed by atoms with Crippen molar-refractivity contribution in [1.29, 1.82) is 0 Å². The van der Waals surface area contributed by atoms with Crippen molar-refractivity contribution < 1.29 is 4.74 Å². The van der Waals surface area contributed by atoms with E-state index in [1.54, 1.807) is 0 Å². The predicted octanol–water partition coefficient (Wildman–Crippen LogP) is 2.37. The molecule has 25 heavy (non-hydrogen) atoms. The SMILES string of the molecule is Cc1nn(C2CCOCC2)c2nc(Cc3ccc(I)cn3)[nH]c(=O)c12. The van der Waals surface area contributed by atoms with E-state index in [-0.39, 0.29) is 11.6 Å². The highest BCUT2D eigenvalue weighted by molar-refractivity contribution is 14.1. The van der Waals surface area contributed by atoms with Gasteiger partial charge in [-0.15, -0.1) is 0 Å². The second-order valence-corrected chi connectivity index (χ2v) is 7.47. The number of nitrogens with zero attached hydrogens (tertiary/aromatic N) is 4. The summed E-state index contributed by atoms with van der Waals surface area (Å²) >= 11 is 2.22. The Morgan fingerprint density at radius 2 is 2.16 bits per heavy atom. The van der Waals surface area contributed by atoms with E-state index in [2.05, 4.69) is 37.7 Å². The van der Waals surface area contributed by atoms with E-state index in [9.17, 15) is 4.79 Å². The van der Waals surface area contributed by atoms with Gasteiger partial charge in [0.05, 0.1) is 11.7 Å². The van der Waals surface area contributed by atoms with Crippen LogP contribution in [0.25, 0.3) is 11.0 Å². The van der Waals surface area contributed by atoms with Crippen LogP contribution in [0.3, 0.4) is 0 Å². The van der Waals surface area contributed by atoms with Gasteiger partial charge in [0.2, 0.25) is 0 Å². The summed E-state index contributed by atoms with van der Waals surface area (Å²) in [5, 5.41) is 5.17. The molecule has 130 valence electrons. The van der Waals surface area contributed by atoms with Crippen molar-refractivity contribution in [2.24, 2.45) is 0 Å². The first kappa shape index (κ1) is 16.6. The lowest BCUT2D eigenvalue weighted by Gasteiger charge is -2.22. The minimum atomic E-state index is -0.138. The molecule has 1 aliphatic rings. The number of aromatic amines is 1. The van der Waals surface area contributed by atoms with Crippen molar-refractivity contribution in [1.82, 2.24) is 24.7 Å². The molecule has 0 aromatic carbocycles. The van der Waals surface area contributed by atoms with E-state index < -0.39 is 0 Å². The number of aromatic nitrogens is 5. The summed E-state index contributed by atoms with van der Waals surface area (Å²) in [5.74, 6) is 0.611. The van der Waals surface area contributed by atoms with E-state index >= 15 is 0 Å². The molecule has 1 aliphatic heterocycles. The van der Waals surface area contributed by atoms with Crippen LogP contribution in [0.15, 0.2) is 23.1 Å². The smallest absolute Gasteiger partial charge is 0.262 e. The molecule has 0 bridgehead atoms. The number of ether oxygens (including phenoxy) is 1. The maximum atomic E-state index is 12.6. The van der Waals surface area contributed by atoms with Crippen LogP contribution in [0, 0.1) is 10.5 Å². The van der Waals surface area contributed by atoms with Crippen LogP contribution >= 0.6 is 22.6 Å². The molecule has 1 fully saturated rings. The van der Waals surface area contributed by atoms with E-state index in [0.717, 1.165) is 22.1 Å². The molecule has 0 amide bonds. The van der Waals surface area contributed by atoms with Crippen molar-refractivity contribution in [2.75, 3.05) is 13.2 Å². The van der Waals surface area contributed by atoms with Crippen LogP contribution in [0.5, 0.6) is 0 Å². The molecule has 7 nitrogen and oxygen atoms in total. The summed E-state index contributed by atoms with van der Waals surface area (Å²) in [6.45, 7) is 3.29. The van der Waals surface area contributed by atoms with E-state index in [0.29, 0.717) is 42.2 Å². The third-order valence-corrected chi connectivity index (χ3v) is 5.10. The average Bonchev–Trinajstić information content (AvgIpc) is 2.95. The fraction of sp³-hybridized carbons (Fsp3) is 0.412. The molecule has 3 aromatic heterocycles. The lowest BCUT2D eigenvalue weighted by Crippen LogP contribution is -2.21. The standard InChI is InChI=1S/C17H18IN5O2/c1-10-15-16(23(22-10)13-4-6-25-7-5-13)20-14(21-17(15)24)8-12-3-2-11(18)9-19-12/h2-3,9,13H,4-8H2,1H3,(H,20,21,24). The number of hydrogen-bond donors (Lipinski definition) is 1. The normalized spacial score (nSPS) is 15.8. The molecule has 0 aliphatic carbocycles. The molecule has 1 saturated heterocycles. The number of H-pyrrole nitrogens is 1. The number of aryl methyl sites for hydroxylation is 1. The predicted molar refractivity (Wildman–Crippen MR) is 102 cm³/mol. The van der Waals surface area contributed by atoms with Crippen LogP contribution in [-0.4, -0.2) is 37.9 Å². The van der Waals surface area contributed by atoms with Gasteiger partial charge in [-0.25, -0.2) is 9.67 Å². The van der Waals surface area contributed by atoms with Gasteiger partial charge in [-0.1, -0.05) is 0 Å². The lowest BCUT2D eigenvalue weighted by molar-refractivity contribution is 0.0672. The zero-order valence-corrected chi connectivity index (χ0v) is 16.0. The Morgan fingerprint density at radius 1 is 1.36 bits per heavy atom. The van der Waals surface area contributed by atoms with E-state index in [4.69, 9.17) is 9.72 Å². The third-order valence-electron chi connectivity index (χ3n) is 4.46. The maximum absolute atomic E-state index is 12.6. The molecule has 1 N–H and O–H groups in total. The second kappa shape index (κ2) is 6.83. The van der Waals surface area contributed by atoms with Gasteiger partial charge >= 0.3 is 0 Å². The Hall–Kier alpha value is -1.81. The number of hydrogen-bond acceptors (Lipinski definition) is 5. The van der Waals surface area contributed by atoms with Crippen molar-refractivity contribution in [3.05, 3.63) is 49.5 Å². The summed E-state index contributed by atoms with van der Waals surface area (Å²) in [6.07, 6.45) is 4.07. The molecule has 0 saturated carbocycles. The first-order chi connectivity index (χ1) is 12.1. The summed E-state index contributed by atoms with van der Waals surface area (Å²) in [7, 11) is 0. The largest absolute Gasteiger partial charge is 0.381 e. The highest BCUT2D eigenvalue weighted by Gasteiger charge is 2.22. The molecule has 4 heterocycles. The van der Waals surface area contributed by atoms with Gasteiger partial charge < -0.3 is 9.72 Å². The van der Waals surface area contributed by atoms with Crippen LogP contribution in [0.1, 0.15) is 36.1 Å². The van der Waals surface area contributed by atoms with Gasteiger partial charge in [-0.2, -0.15) is 5.10 Å². The zero-order valence-electron chi connectivity index (χ0n) is 13.8. The fourth-order valence-electron chi connectivity index (χ4n) is 3.21. The van der Waals surface area contributed by atoms with Crippen molar-refractivity contribution in [2.45, 2.75) is 32.2 Å². The molecule has 0 atom stereocenters. The molecular formula is C17H18IN5O2. The topological polar surface area (TPSA) is 85.7 Å². The molecule has 4 rings (SSSR count). The summed E-state index contributed by atoms with van der Waals surface area (Å²) in [5.41, 5.74) is 2.11. The molecule has 0 unspecified atom stereocenters.